The second-order valence-corrected chi connectivity index (χ2v) is 6.06. The topological polar surface area (TPSA) is 67.3 Å². The summed E-state index contributed by atoms with van der Waals surface area (Å²) in [6.45, 7) is 6.82. The number of hydrogen-bond acceptors (Lipinski definition) is 5. The number of aliphatic hydroxyl groups is 1. The van der Waals surface area contributed by atoms with Crippen molar-refractivity contribution in [2.75, 3.05) is 18.5 Å². The van der Waals surface area contributed by atoms with Crippen molar-refractivity contribution < 1.29 is 9.84 Å². The van der Waals surface area contributed by atoms with Gasteiger partial charge in [0.05, 0.1) is 12.7 Å². The Kier molecular flexibility index (Phi) is 4.81. The zero-order valence-electron chi connectivity index (χ0n) is 12.6. The van der Waals surface area contributed by atoms with Crippen LogP contribution in [-0.4, -0.2) is 34.3 Å². The van der Waals surface area contributed by atoms with E-state index in [1.54, 1.807) is 0 Å². The Balaban J connectivity index is 2.03. The van der Waals surface area contributed by atoms with Crippen molar-refractivity contribution >= 4 is 5.95 Å². The van der Waals surface area contributed by atoms with Gasteiger partial charge in [0.1, 0.15) is 0 Å². The molecule has 0 spiro atoms. The molecular weight excluding hydrogens is 254 g/mol. The molecule has 0 atom stereocenters. The Morgan fingerprint density at radius 1 is 1.35 bits per heavy atom. The minimum absolute atomic E-state index is 0.00776. The summed E-state index contributed by atoms with van der Waals surface area (Å²) in [5.74, 6) is 1.18. The van der Waals surface area contributed by atoms with E-state index in [-0.39, 0.29) is 18.1 Å². The van der Waals surface area contributed by atoms with Crippen molar-refractivity contribution in [1.82, 2.24) is 9.97 Å². The number of rotatable bonds is 6. The second-order valence-electron chi connectivity index (χ2n) is 6.06. The van der Waals surface area contributed by atoms with Gasteiger partial charge in [0.15, 0.2) is 0 Å². The lowest BCUT2D eigenvalue weighted by molar-refractivity contribution is 0.142. The predicted molar refractivity (Wildman–Crippen MR) is 79.0 cm³/mol. The van der Waals surface area contributed by atoms with Crippen molar-refractivity contribution in [3.05, 3.63) is 11.8 Å². The Morgan fingerprint density at radius 2 is 2.05 bits per heavy atom. The van der Waals surface area contributed by atoms with Gasteiger partial charge in [-0.3, -0.25) is 0 Å². The van der Waals surface area contributed by atoms with Gasteiger partial charge in [-0.1, -0.05) is 12.8 Å². The molecule has 1 heterocycles. The summed E-state index contributed by atoms with van der Waals surface area (Å²) in [5.41, 5.74) is 0.870. The number of hydrogen-bond donors (Lipinski definition) is 2. The molecule has 1 aliphatic carbocycles. The van der Waals surface area contributed by atoms with Gasteiger partial charge in [-0.25, -0.2) is 4.98 Å². The maximum Gasteiger partial charge on any atom is 0.226 e. The zero-order chi connectivity index (χ0) is 14.6. The Hall–Kier alpha value is -1.36. The first-order valence-electron chi connectivity index (χ1n) is 7.40. The molecule has 1 aliphatic rings. The monoisotopic (exact) mass is 279 g/mol. The van der Waals surface area contributed by atoms with Crippen LogP contribution in [0.25, 0.3) is 0 Å². The number of nitrogens with zero attached hydrogens (tertiary/aromatic N) is 2. The highest BCUT2D eigenvalue weighted by Gasteiger charge is 2.33. The number of anilines is 1. The maximum atomic E-state index is 9.62. The lowest BCUT2D eigenvalue weighted by Crippen LogP contribution is -2.31. The van der Waals surface area contributed by atoms with Gasteiger partial charge in [-0.05, 0) is 33.6 Å². The zero-order valence-corrected chi connectivity index (χ0v) is 12.6. The van der Waals surface area contributed by atoms with E-state index < -0.39 is 0 Å². The largest absolute Gasteiger partial charge is 0.475 e. The number of aliphatic hydroxyl groups excluding tert-OH is 1. The van der Waals surface area contributed by atoms with Crippen LogP contribution in [0.1, 0.15) is 45.2 Å². The van der Waals surface area contributed by atoms with Crippen LogP contribution in [0.15, 0.2) is 6.07 Å². The van der Waals surface area contributed by atoms with Gasteiger partial charge in [0.2, 0.25) is 11.8 Å². The molecule has 0 radical (unpaired) electrons. The van der Waals surface area contributed by atoms with Crippen LogP contribution in [0.3, 0.4) is 0 Å². The third kappa shape index (κ3) is 3.82. The first kappa shape index (κ1) is 15.0. The lowest BCUT2D eigenvalue weighted by atomic mass is 9.87. The van der Waals surface area contributed by atoms with Crippen LogP contribution in [0, 0.1) is 12.3 Å². The molecule has 2 N–H and O–H groups in total. The summed E-state index contributed by atoms with van der Waals surface area (Å²) >= 11 is 0. The van der Waals surface area contributed by atoms with E-state index in [2.05, 4.69) is 15.3 Å². The van der Waals surface area contributed by atoms with Gasteiger partial charge in [-0.15, -0.1) is 0 Å². The van der Waals surface area contributed by atoms with Crippen LogP contribution in [0.5, 0.6) is 5.88 Å². The molecule has 0 unspecified atom stereocenters. The quantitative estimate of drug-likeness (QED) is 0.837. The van der Waals surface area contributed by atoms with E-state index in [0.717, 1.165) is 18.5 Å². The van der Waals surface area contributed by atoms with Gasteiger partial charge in [0.25, 0.3) is 0 Å². The van der Waals surface area contributed by atoms with Crippen LogP contribution < -0.4 is 10.1 Å². The summed E-state index contributed by atoms with van der Waals surface area (Å²) in [5, 5.41) is 12.9. The number of ether oxygens (including phenoxy) is 1. The van der Waals surface area contributed by atoms with E-state index >= 15 is 0 Å². The van der Waals surface area contributed by atoms with E-state index in [1.807, 2.05) is 26.8 Å². The first-order valence-corrected chi connectivity index (χ1v) is 7.40. The molecule has 5 nitrogen and oxygen atoms in total. The molecule has 1 saturated carbocycles. The van der Waals surface area contributed by atoms with E-state index in [4.69, 9.17) is 4.74 Å². The molecule has 0 amide bonds. The van der Waals surface area contributed by atoms with Crippen LogP contribution in [0.4, 0.5) is 5.95 Å². The fraction of sp³-hybridized carbons (Fsp3) is 0.733. The maximum absolute atomic E-state index is 9.62. The standard InChI is InChI=1S/C15H25N3O2/c1-11(2)20-13-8-12(3)17-14(18-13)16-9-15(10-19)6-4-5-7-15/h8,11,19H,4-7,9-10H2,1-3H3,(H,16,17,18). The van der Waals surface area contributed by atoms with Crippen molar-refractivity contribution in [3.8, 4) is 5.88 Å². The Morgan fingerprint density at radius 3 is 2.65 bits per heavy atom. The number of aromatic nitrogens is 2. The van der Waals surface area contributed by atoms with Crippen molar-refractivity contribution in [1.29, 1.82) is 0 Å². The summed E-state index contributed by atoms with van der Waals surface area (Å²) in [7, 11) is 0. The lowest BCUT2D eigenvalue weighted by Gasteiger charge is -2.26. The molecule has 1 fully saturated rings. The fourth-order valence-electron chi connectivity index (χ4n) is 2.70. The first-order chi connectivity index (χ1) is 9.53. The van der Waals surface area contributed by atoms with Gasteiger partial charge in [-0.2, -0.15) is 4.98 Å². The molecule has 0 bridgehead atoms. The predicted octanol–water partition coefficient (Wildman–Crippen LogP) is 2.54. The SMILES string of the molecule is Cc1cc(OC(C)C)nc(NCC2(CO)CCCC2)n1. The number of aryl methyl sites for hydroxylation is 1. The van der Waals surface area contributed by atoms with Crippen LogP contribution >= 0.6 is 0 Å². The minimum atomic E-state index is -0.00776. The average Bonchev–Trinajstić information content (AvgIpc) is 2.84. The molecule has 1 aromatic heterocycles. The molecule has 0 aliphatic heterocycles. The molecule has 2 rings (SSSR count). The van der Waals surface area contributed by atoms with Gasteiger partial charge >= 0.3 is 0 Å². The fourth-order valence-corrected chi connectivity index (χ4v) is 2.70. The van der Waals surface area contributed by atoms with Gasteiger partial charge in [0, 0.05) is 23.7 Å². The molecule has 0 saturated heterocycles. The van der Waals surface area contributed by atoms with Gasteiger partial charge < -0.3 is 15.2 Å². The summed E-state index contributed by atoms with van der Waals surface area (Å²) in [4.78, 5) is 8.76. The third-order valence-electron chi connectivity index (χ3n) is 3.81. The van der Waals surface area contributed by atoms with E-state index in [9.17, 15) is 5.11 Å². The number of nitrogens with one attached hydrogen (secondary N) is 1. The second kappa shape index (κ2) is 6.39. The minimum Gasteiger partial charge on any atom is -0.475 e. The molecule has 0 aromatic carbocycles. The Bertz CT molecular complexity index is 443. The van der Waals surface area contributed by atoms with Crippen molar-refractivity contribution in [2.45, 2.75) is 52.6 Å². The molecule has 5 heteroatoms. The normalized spacial score (nSPS) is 17.4. The summed E-state index contributed by atoms with van der Waals surface area (Å²) < 4.78 is 5.62. The smallest absolute Gasteiger partial charge is 0.226 e. The van der Waals surface area contributed by atoms with Crippen LogP contribution in [0.2, 0.25) is 0 Å². The highest BCUT2D eigenvalue weighted by atomic mass is 16.5. The van der Waals surface area contributed by atoms with Crippen LogP contribution in [-0.2, 0) is 0 Å². The Labute approximate surface area is 120 Å². The molecule has 1 aromatic rings. The molecular formula is C15H25N3O2. The van der Waals surface area contributed by atoms with Crippen molar-refractivity contribution in [3.63, 3.8) is 0 Å². The summed E-state index contributed by atoms with van der Waals surface area (Å²) in [6, 6.07) is 1.84. The molecule has 20 heavy (non-hydrogen) atoms. The molecule has 112 valence electrons. The highest BCUT2D eigenvalue weighted by Crippen LogP contribution is 2.37. The van der Waals surface area contributed by atoms with E-state index in [1.165, 1.54) is 12.8 Å². The average molecular weight is 279 g/mol. The van der Waals surface area contributed by atoms with Crippen molar-refractivity contribution in [2.24, 2.45) is 5.41 Å². The van der Waals surface area contributed by atoms with E-state index in [0.29, 0.717) is 18.4 Å². The highest BCUT2D eigenvalue weighted by molar-refractivity contribution is 5.31. The third-order valence-corrected chi connectivity index (χ3v) is 3.81. The summed E-state index contributed by atoms with van der Waals surface area (Å²) in [6.07, 6.45) is 4.61.